The zero-order chi connectivity index (χ0) is 15.1. The first kappa shape index (κ1) is 13.6. The highest BCUT2D eigenvalue weighted by Gasteiger charge is 2.47. The van der Waals surface area contributed by atoms with E-state index in [0.717, 1.165) is 12.8 Å². The molecule has 5 rings (SSSR count). The number of Topliss-reactive ketones (excluding diaryl/α,β-unsaturated/α-hetero) is 1. The van der Waals surface area contributed by atoms with Crippen molar-refractivity contribution in [2.75, 3.05) is 4.90 Å². The molecule has 0 radical (unpaired) electrons. The smallest absolute Gasteiger partial charge is 0.140 e. The van der Waals surface area contributed by atoms with Gasteiger partial charge in [-0.3, -0.25) is 4.79 Å². The van der Waals surface area contributed by atoms with Crippen LogP contribution in [0.15, 0.2) is 54.6 Å². The van der Waals surface area contributed by atoms with E-state index in [-0.39, 0.29) is 12.0 Å². The Morgan fingerprint density at radius 1 is 0.955 bits per heavy atom. The first-order chi connectivity index (χ1) is 10.7. The molecule has 2 heteroatoms. The van der Waals surface area contributed by atoms with Crippen molar-refractivity contribution >= 4 is 11.5 Å². The molecule has 2 saturated heterocycles. The average molecular weight is 291 g/mol. The van der Waals surface area contributed by atoms with Crippen molar-refractivity contribution in [3.63, 3.8) is 0 Å². The lowest BCUT2D eigenvalue weighted by Gasteiger charge is -2.52. The third kappa shape index (κ3) is 2.14. The van der Waals surface area contributed by atoms with E-state index < -0.39 is 0 Å². The van der Waals surface area contributed by atoms with Gasteiger partial charge in [0.15, 0.2) is 0 Å². The largest absolute Gasteiger partial charge is 0.360 e. The summed E-state index contributed by atoms with van der Waals surface area (Å²) in [6, 6.07) is 19.8. The van der Waals surface area contributed by atoms with E-state index in [1.54, 1.807) is 0 Å². The van der Waals surface area contributed by atoms with Crippen molar-refractivity contribution in [3.05, 3.63) is 65.7 Å². The number of fused-ring (bicyclic) bond motifs is 3. The molecule has 0 spiro atoms. The van der Waals surface area contributed by atoms with Gasteiger partial charge in [-0.15, -0.1) is 0 Å². The van der Waals surface area contributed by atoms with Crippen LogP contribution in [0.1, 0.15) is 36.4 Å². The number of nitrogens with zero attached hydrogens (tertiary/aromatic N) is 1. The molecule has 1 saturated carbocycles. The molecular formula is C20H21NO. The van der Waals surface area contributed by atoms with Gasteiger partial charge in [0, 0.05) is 24.1 Å². The van der Waals surface area contributed by atoms with Gasteiger partial charge in [-0.2, -0.15) is 0 Å². The maximum absolute atomic E-state index is 12.4. The lowest BCUT2D eigenvalue weighted by Crippen LogP contribution is -2.54. The summed E-state index contributed by atoms with van der Waals surface area (Å²) in [7, 11) is 0. The number of ketones is 1. The van der Waals surface area contributed by atoms with Crippen LogP contribution in [0.2, 0.25) is 0 Å². The topological polar surface area (TPSA) is 20.3 Å². The van der Waals surface area contributed by atoms with Crippen LogP contribution >= 0.6 is 0 Å². The summed E-state index contributed by atoms with van der Waals surface area (Å²) < 4.78 is 0. The molecule has 0 amide bonds. The Morgan fingerprint density at radius 3 is 2.36 bits per heavy atom. The second kappa shape index (κ2) is 5.28. The minimum atomic E-state index is 0.147. The lowest BCUT2D eigenvalue weighted by atomic mass is 9.71. The van der Waals surface area contributed by atoms with E-state index in [9.17, 15) is 4.79 Å². The van der Waals surface area contributed by atoms with Gasteiger partial charge in [0.05, 0.1) is 6.04 Å². The fourth-order valence-corrected chi connectivity index (χ4v) is 4.14. The monoisotopic (exact) mass is 291 g/mol. The fourth-order valence-electron chi connectivity index (χ4n) is 4.14. The number of aryl methyl sites for hydroxylation is 1. The summed E-state index contributed by atoms with van der Waals surface area (Å²) >= 11 is 0. The van der Waals surface area contributed by atoms with E-state index in [4.69, 9.17) is 0 Å². The molecule has 22 heavy (non-hydrogen) atoms. The molecule has 3 fully saturated rings. The summed E-state index contributed by atoms with van der Waals surface area (Å²) in [5.74, 6) is 0.599. The Morgan fingerprint density at radius 2 is 1.68 bits per heavy atom. The van der Waals surface area contributed by atoms with Crippen LogP contribution in [0, 0.1) is 12.8 Å². The summed E-state index contributed by atoms with van der Waals surface area (Å²) in [6.07, 6.45) is 2.88. The van der Waals surface area contributed by atoms with E-state index in [2.05, 4.69) is 60.4 Å². The number of piperidine rings is 2. The quantitative estimate of drug-likeness (QED) is 0.822. The van der Waals surface area contributed by atoms with Gasteiger partial charge in [-0.05, 0) is 37.5 Å². The van der Waals surface area contributed by atoms with Crippen LogP contribution in [0.3, 0.4) is 0 Å². The zero-order valence-electron chi connectivity index (χ0n) is 12.9. The molecule has 3 atom stereocenters. The Labute approximate surface area is 131 Å². The highest BCUT2D eigenvalue weighted by molar-refractivity contribution is 5.86. The minimum absolute atomic E-state index is 0.147. The summed E-state index contributed by atoms with van der Waals surface area (Å²) in [4.78, 5) is 14.9. The number of hydrogen-bond donors (Lipinski definition) is 0. The highest BCUT2D eigenvalue weighted by atomic mass is 16.1. The van der Waals surface area contributed by atoms with Gasteiger partial charge in [0.25, 0.3) is 0 Å². The molecule has 2 nitrogen and oxygen atoms in total. The minimum Gasteiger partial charge on any atom is -0.360 e. The Bertz CT molecular complexity index is 677. The van der Waals surface area contributed by atoms with Crippen LogP contribution in [0.25, 0.3) is 0 Å². The summed E-state index contributed by atoms with van der Waals surface area (Å²) in [5.41, 5.74) is 3.80. The van der Waals surface area contributed by atoms with E-state index >= 15 is 0 Å². The van der Waals surface area contributed by atoms with Gasteiger partial charge in [-0.25, -0.2) is 0 Å². The van der Waals surface area contributed by atoms with Gasteiger partial charge >= 0.3 is 0 Å². The van der Waals surface area contributed by atoms with Crippen molar-refractivity contribution in [2.24, 2.45) is 5.92 Å². The van der Waals surface area contributed by atoms with Gasteiger partial charge < -0.3 is 4.90 Å². The third-order valence-electron chi connectivity index (χ3n) is 5.21. The molecule has 2 heterocycles. The number of benzene rings is 2. The highest BCUT2D eigenvalue weighted by Crippen LogP contribution is 2.47. The Balaban J connectivity index is 1.80. The number of carbonyl (C=O) groups is 1. The number of carbonyl (C=O) groups excluding carboxylic acids is 1. The van der Waals surface area contributed by atoms with Crippen molar-refractivity contribution in [2.45, 2.75) is 38.3 Å². The van der Waals surface area contributed by atoms with Crippen molar-refractivity contribution in [1.82, 2.24) is 0 Å². The second-order valence-electron chi connectivity index (χ2n) is 6.61. The molecule has 0 N–H and O–H groups in total. The predicted molar refractivity (Wildman–Crippen MR) is 89.0 cm³/mol. The van der Waals surface area contributed by atoms with E-state index in [1.165, 1.54) is 16.8 Å². The van der Waals surface area contributed by atoms with Crippen molar-refractivity contribution in [3.8, 4) is 0 Å². The molecule has 2 aliphatic heterocycles. The number of anilines is 1. The second-order valence-corrected chi connectivity index (χ2v) is 6.61. The molecule has 3 aliphatic rings. The molecule has 2 aromatic carbocycles. The summed E-state index contributed by atoms with van der Waals surface area (Å²) in [6.45, 7) is 2.12. The maximum Gasteiger partial charge on any atom is 0.140 e. The van der Waals surface area contributed by atoms with Crippen LogP contribution in [-0.4, -0.2) is 11.8 Å². The standard InChI is InChI=1S/C20H21NO/c1-14-7-9-16(10-8-14)21-17-11-12-18(19(22)13-17)20(21)15-5-3-2-4-6-15/h2-10,17-18,20H,11-13H2,1H3/t17-,18+,20+/m0/s1. The number of rotatable bonds is 2. The first-order valence-corrected chi connectivity index (χ1v) is 8.17. The predicted octanol–water partition coefficient (Wildman–Crippen LogP) is 4.29. The Hall–Kier alpha value is -2.09. The van der Waals surface area contributed by atoms with Crippen LogP contribution in [0.5, 0.6) is 0 Å². The van der Waals surface area contributed by atoms with Gasteiger partial charge in [0.1, 0.15) is 5.78 Å². The van der Waals surface area contributed by atoms with E-state index in [0.29, 0.717) is 18.2 Å². The molecule has 2 aromatic rings. The zero-order valence-corrected chi connectivity index (χ0v) is 12.9. The number of hydrogen-bond acceptors (Lipinski definition) is 2. The lowest BCUT2D eigenvalue weighted by molar-refractivity contribution is -0.128. The normalized spacial score (nSPS) is 27.2. The van der Waals surface area contributed by atoms with Gasteiger partial charge in [0.2, 0.25) is 0 Å². The van der Waals surface area contributed by atoms with Crippen LogP contribution < -0.4 is 4.90 Å². The SMILES string of the molecule is Cc1ccc(N2[C@H]3CC[C@H](C(=O)C3)[C@H]2c2ccccc2)cc1. The first-order valence-electron chi connectivity index (χ1n) is 8.17. The maximum atomic E-state index is 12.4. The van der Waals surface area contributed by atoms with Crippen molar-refractivity contribution in [1.29, 1.82) is 0 Å². The molecule has 112 valence electrons. The average Bonchev–Trinajstić information content (AvgIpc) is 2.56. The van der Waals surface area contributed by atoms with Crippen LogP contribution in [0.4, 0.5) is 5.69 Å². The summed E-state index contributed by atoms with van der Waals surface area (Å²) in [5, 5.41) is 0. The molecular weight excluding hydrogens is 270 g/mol. The van der Waals surface area contributed by atoms with Crippen LogP contribution in [-0.2, 0) is 4.79 Å². The van der Waals surface area contributed by atoms with Crippen molar-refractivity contribution < 1.29 is 4.79 Å². The molecule has 0 unspecified atom stereocenters. The fraction of sp³-hybridized carbons (Fsp3) is 0.350. The third-order valence-corrected chi connectivity index (χ3v) is 5.21. The molecule has 2 bridgehead atoms. The molecule has 1 aliphatic carbocycles. The van der Waals surface area contributed by atoms with E-state index in [1.807, 2.05) is 6.07 Å². The van der Waals surface area contributed by atoms with Gasteiger partial charge in [-0.1, -0.05) is 48.0 Å². The Kier molecular flexibility index (Phi) is 3.25. The molecule has 0 aromatic heterocycles.